The van der Waals surface area contributed by atoms with Crippen molar-refractivity contribution in [3.63, 3.8) is 0 Å². The lowest BCUT2D eigenvalue weighted by molar-refractivity contribution is -0.141. The van der Waals surface area contributed by atoms with Crippen molar-refractivity contribution >= 4 is 5.97 Å². The topological polar surface area (TPSA) is 38.3 Å². The van der Waals surface area contributed by atoms with Crippen LogP contribution in [0.3, 0.4) is 0 Å². The first kappa shape index (κ1) is 6.13. The van der Waals surface area contributed by atoms with Gasteiger partial charge in [-0.2, -0.15) is 0 Å². The second-order valence-corrected chi connectivity index (χ2v) is 1.87. The molecule has 9 heavy (non-hydrogen) atoms. The zero-order valence-corrected chi connectivity index (χ0v) is 5.26. The highest BCUT2D eigenvalue weighted by atomic mass is 16.5. The molecule has 1 N–H and O–H groups in total. The molecule has 1 aliphatic heterocycles. The Hall–Kier alpha value is -0.990. The monoisotopic (exact) mass is 127 g/mol. The summed E-state index contributed by atoms with van der Waals surface area (Å²) in [6, 6.07) is -0.144. The van der Waals surface area contributed by atoms with Crippen molar-refractivity contribution in [2.45, 2.75) is 19.4 Å². The molecule has 0 aromatic heterocycles. The van der Waals surface area contributed by atoms with Crippen LogP contribution in [0.15, 0.2) is 12.5 Å². The fraction of sp³-hybridized carbons (Fsp3) is 0.500. The zero-order valence-electron chi connectivity index (χ0n) is 5.26. The summed E-state index contributed by atoms with van der Waals surface area (Å²) in [4.78, 5) is 10.7. The number of hydrogen-bond acceptors (Lipinski definition) is 3. The minimum absolute atomic E-state index is 0.144. The molecule has 3 heteroatoms. The summed E-state index contributed by atoms with van der Waals surface area (Å²) in [5, 5.41) is 2.86. The Balaban J connectivity index is 2.53. The van der Waals surface area contributed by atoms with Crippen LogP contribution in [0.5, 0.6) is 0 Å². The molecule has 0 aromatic carbocycles. The number of esters is 1. The van der Waals surface area contributed by atoms with Gasteiger partial charge < -0.3 is 10.1 Å². The number of ether oxygens (including phenoxy) is 1. The fourth-order valence-corrected chi connectivity index (χ4v) is 0.691. The molecule has 0 saturated heterocycles. The molecule has 0 aromatic rings. The maximum absolute atomic E-state index is 10.7. The third-order valence-electron chi connectivity index (χ3n) is 1.24. The van der Waals surface area contributed by atoms with Crippen molar-refractivity contribution < 1.29 is 9.53 Å². The number of carbonyl (C=O) groups is 1. The van der Waals surface area contributed by atoms with Crippen LogP contribution in [0, 0.1) is 0 Å². The van der Waals surface area contributed by atoms with E-state index >= 15 is 0 Å². The van der Waals surface area contributed by atoms with E-state index in [2.05, 4.69) is 10.1 Å². The molecule has 0 spiro atoms. The van der Waals surface area contributed by atoms with Crippen LogP contribution < -0.4 is 5.32 Å². The van der Waals surface area contributed by atoms with Crippen LogP contribution in [-0.4, -0.2) is 12.0 Å². The molecule has 0 bridgehead atoms. The van der Waals surface area contributed by atoms with E-state index in [9.17, 15) is 4.79 Å². The van der Waals surface area contributed by atoms with Gasteiger partial charge in [0.2, 0.25) is 0 Å². The number of hydrogen-bond donors (Lipinski definition) is 1. The van der Waals surface area contributed by atoms with Crippen LogP contribution in [0.4, 0.5) is 0 Å². The van der Waals surface area contributed by atoms with Gasteiger partial charge in [-0.05, 0) is 6.42 Å². The van der Waals surface area contributed by atoms with E-state index in [0.717, 1.165) is 6.42 Å². The van der Waals surface area contributed by atoms with Gasteiger partial charge in [-0.15, -0.1) is 0 Å². The van der Waals surface area contributed by atoms with Crippen LogP contribution in [0.1, 0.15) is 13.3 Å². The van der Waals surface area contributed by atoms with Crippen molar-refractivity contribution in [3.05, 3.63) is 12.5 Å². The van der Waals surface area contributed by atoms with Crippen molar-refractivity contribution in [1.29, 1.82) is 0 Å². The predicted molar refractivity (Wildman–Crippen MR) is 32.4 cm³/mol. The first-order valence-electron chi connectivity index (χ1n) is 2.96. The first-order valence-corrected chi connectivity index (χ1v) is 2.96. The molecule has 0 unspecified atom stereocenters. The summed E-state index contributed by atoms with van der Waals surface area (Å²) in [7, 11) is 0. The Morgan fingerprint density at radius 1 is 1.89 bits per heavy atom. The molecular weight excluding hydrogens is 118 g/mol. The minimum Gasteiger partial charge on any atom is -0.431 e. The molecule has 0 amide bonds. The molecule has 1 atom stereocenters. The molecule has 0 saturated carbocycles. The maximum Gasteiger partial charge on any atom is 0.333 e. The summed E-state index contributed by atoms with van der Waals surface area (Å²) in [5.41, 5.74) is 0. The quantitative estimate of drug-likeness (QED) is 0.517. The Labute approximate surface area is 53.7 Å². The lowest BCUT2D eigenvalue weighted by Gasteiger charge is -2.15. The standard InChI is InChI=1S/C6H9NO2/c1-2-5-6(8)9-4-3-7-5/h3-5,7H,2H2,1H3/t5-/m1/s1. The molecule has 3 nitrogen and oxygen atoms in total. The number of cyclic esters (lactones) is 1. The molecular formula is C6H9NO2. The maximum atomic E-state index is 10.7. The van der Waals surface area contributed by atoms with Crippen molar-refractivity contribution in [2.75, 3.05) is 0 Å². The third-order valence-corrected chi connectivity index (χ3v) is 1.24. The van der Waals surface area contributed by atoms with Crippen molar-refractivity contribution in [2.24, 2.45) is 0 Å². The normalized spacial score (nSPS) is 25.0. The van der Waals surface area contributed by atoms with E-state index < -0.39 is 0 Å². The van der Waals surface area contributed by atoms with Crippen LogP contribution in [-0.2, 0) is 9.53 Å². The van der Waals surface area contributed by atoms with Gasteiger partial charge in [-0.1, -0.05) is 6.92 Å². The van der Waals surface area contributed by atoms with E-state index in [0.29, 0.717) is 0 Å². The molecule has 0 fully saturated rings. The largest absolute Gasteiger partial charge is 0.431 e. The van der Waals surface area contributed by atoms with Gasteiger partial charge in [0.05, 0.1) is 0 Å². The van der Waals surface area contributed by atoms with E-state index in [1.54, 1.807) is 6.20 Å². The Morgan fingerprint density at radius 3 is 3.11 bits per heavy atom. The average molecular weight is 127 g/mol. The van der Waals surface area contributed by atoms with Crippen molar-refractivity contribution in [3.8, 4) is 0 Å². The van der Waals surface area contributed by atoms with Crippen LogP contribution in [0.2, 0.25) is 0 Å². The van der Waals surface area contributed by atoms with Gasteiger partial charge in [0.25, 0.3) is 0 Å². The molecule has 1 heterocycles. The van der Waals surface area contributed by atoms with Gasteiger partial charge in [-0.25, -0.2) is 4.79 Å². The first-order chi connectivity index (χ1) is 4.34. The summed E-state index contributed by atoms with van der Waals surface area (Å²) in [6.07, 6.45) is 3.76. The van der Waals surface area contributed by atoms with E-state index in [-0.39, 0.29) is 12.0 Å². The van der Waals surface area contributed by atoms with Gasteiger partial charge in [0.15, 0.2) is 0 Å². The van der Waals surface area contributed by atoms with Gasteiger partial charge in [0.1, 0.15) is 12.3 Å². The number of rotatable bonds is 1. The van der Waals surface area contributed by atoms with E-state index in [1.807, 2.05) is 6.92 Å². The highest BCUT2D eigenvalue weighted by molar-refractivity contribution is 5.77. The molecule has 1 rings (SSSR count). The number of nitrogens with one attached hydrogen (secondary N) is 1. The minimum atomic E-state index is -0.194. The smallest absolute Gasteiger partial charge is 0.333 e. The highest BCUT2D eigenvalue weighted by Crippen LogP contribution is 1.99. The van der Waals surface area contributed by atoms with Crippen molar-refractivity contribution in [1.82, 2.24) is 5.32 Å². The molecule has 50 valence electrons. The number of carbonyl (C=O) groups excluding carboxylic acids is 1. The molecule has 0 aliphatic carbocycles. The summed E-state index contributed by atoms with van der Waals surface area (Å²) < 4.78 is 4.60. The Bertz CT molecular complexity index is 142. The lowest BCUT2D eigenvalue weighted by atomic mass is 10.2. The van der Waals surface area contributed by atoms with E-state index in [4.69, 9.17) is 0 Å². The predicted octanol–water partition coefficient (Wildman–Crippen LogP) is 0.383. The summed E-state index contributed by atoms with van der Waals surface area (Å²) >= 11 is 0. The zero-order chi connectivity index (χ0) is 6.69. The summed E-state index contributed by atoms with van der Waals surface area (Å²) in [6.45, 7) is 1.93. The highest BCUT2D eigenvalue weighted by Gasteiger charge is 2.17. The molecule has 1 aliphatic rings. The van der Waals surface area contributed by atoms with Crippen LogP contribution >= 0.6 is 0 Å². The summed E-state index contributed by atoms with van der Waals surface area (Å²) in [5.74, 6) is -0.194. The Kier molecular flexibility index (Phi) is 1.72. The van der Waals surface area contributed by atoms with E-state index in [1.165, 1.54) is 6.26 Å². The average Bonchev–Trinajstić information content (AvgIpc) is 1.89. The lowest BCUT2D eigenvalue weighted by Crippen LogP contribution is -2.36. The van der Waals surface area contributed by atoms with Gasteiger partial charge >= 0.3 is 5.97 Å². The second kappa shape index (κ2) is 2.53. The van der Waals surface area contributed by atoms with Crippen LogP contribution in [0.25, 0.3) is 0 Å². The second-order valence-electron chi connectivity index (χ2n) is 1.87. The van der Waals surface area contributed by atoms with Gasteiger partial charge in [-0.3, -0.25) is 0 Å². The molecule has 0 radical (unpaired) electrons. The Morgan fingerprint density at radius 2 is 2.67 bits per heavy atom. The SMILES string of the molecule is CC[C@H]1NC=COC1=O. The fourth-order valence-electron chi connectivity index (χ4n) is 0.691. The third kappa shape index (κ3) is 1.22. The van der Waals surface area contributed by atoms with Gasteiger partial charge in [0, 0.05) is 6.20 Å².